The zero-order chi connectivity index (χ0) is 31.3. The first-order chi connectivity index (χ1) is 20.9. The van der Waals surface area contributed by atoms with E-state index in [4.69, 9.17) is 18.9 Å². The Hall–Kier alpha value is -4.08. The third-order valence-electron chi connectivity index (χ3n) is 10.0. The first-order valence-electron chi connectivity index (χ1n) is 15.0. The van der Waals surface area contributed by atoms with E-state index >= 15 is 0 Å². The second-order valence-electron chi connectivity index (χ2n) is 13.0. The average Bonchev–Trinajstić information content (AvgIpc) is 3.20. The molecule has 2 aliphatic carbocycles. The highest BCUT2D eigenvalue weighted by Gasteiger charge is 2.82. The van der Waals surface area contributed by atoms with E-state index in [1.165, 1.54) is 6.20 Å². The Bertz CT molecular complexity index is 1540. The van der Waals surface area contributed by atoms with Crippen LogP contribution in [0.5, 0.6) is 0 Å². The highest BCUT2D eigenvalue weighted by atomic mass is 16.6. The monoisotopic (exact) mass is 599 g/mol. The van der Waals surface area contributed by atoms with E-state index in [2.05, 4.69) is 4.98 Å². The molecule has 6 rings (SSSR count). The number of benzene rings is 2. The third kappa shape index (κ3) is 4.61. The van der Waals surface area contributed by atoms with Gasteiger partial charge in [-0.1, -0.05) is 36.4 Å². The second kappa shape index (κ2) is 10.8. The van der Waals surface area contributed by atoms with E-state index in [1.807, 2.05) is 26.8 Å². The zero-order valence-electron chi connectivity index (χ0n) is 25.3. The van der Waals surface area contributed by atoms with Gasteiger partial charge in [0, 0.05) is 18.3 Å². The summed E-state index contributed by atoms with van der Waals surface area (Å²) in [5.74, 6) is -2.19. The minimum absolute atomic E-state index is 0.179. The topological polar surface area (TPSA) is 121 Å². The van der Waals surface area contributed by atoms with E-state index < -0.39 is 64.4 Å². The number of pyridine rings is 1. The van der Waals surface area contributed by atoms with Crippen LogP contribution >= 0.6 is 0 Å². The maximum Gasteiger partial charge on any atom is 0.340 e. The van der Waals surface area contributed by atoms with Crippen molar-refractivity contribution in [2.45, 2.75) is 82.1 Å². The maximum absolute atomic E-state index is 13.6. The number of carbonyl (C=O) groups is 3. The summed E-state index contributed by atoms with van der Waals surface area (Å²) < 4.78 is 25.8. The van der Waals surface area contributed by atoms with Gasteiger partial charge in [-0.05, 0) is 83.4 Å². The SMILES string of the molecule is CC1(C)OC23[C@H](OC(=O)c4cccnc4)C1C[C@H](OC(=O)c1ccccc1)[C@]2(C)[C@@H](OC(=O)c1ccccc1)CC[C@]3(C)O. The van der Waals surface area contributed by atoms with Gasteiger partial charge in [0.05, 0.1) is 33.3 Å². The van der Waals surface area contributed by atoms with Crippen molar-refractivity contribution in [3.8, 4) is 0 Å². The van der Waals surface area contributed by atoms with Gasteiger partial charge in [-0.25, -0.2) is 14.4 Å². The number of aromatic nitrogens is 1. The van der Waals surface area contributed by atoms with Crippen molar-refractivity contribution in [1.82, 2.24) is 4.98 Å². The van der Waals surface area contributed by atoms with Gasteiger partial charge in [0.1, 0.15) is 23.9 Å². The number of hydrogen-bond donors (Lipinski definition) is 1. The first kappa shape index (κ1) is 30.0. The Morgan fingerprint density at radius 1 is 0.773 bits per heavy atom. The van der Waals surface area contributed by atoms with Crippen LogP contribution in [-0.4, -0.2) is 63.1 Å². The van der Waals surface area contributed by atoms with Gasteiger partial charge >= 0.3 is 17.9 Å². The van der Waals surface area contributed by atoms with Crippen molar-refractivity contribution >= 4 is 17.9 Å². The predicted molar refractivity (Wildman–Crippen MR) is 159 cm³/mol. The van der Waals surface area contributed by atoms with Crippen molar-refractivity contribution in [1.29, 1.82) is 0 Å². The predicted octanol–water partition coefficient (Wildman–Crippen LogP) is 5.18. The molecule has 3 aliphatic rings. The normalized spacial score (nSPS) is 33.5. The fourth-order valence-corrected chi connectivity index (χ4v) is 7.80. The lowest BCUT2D eigenvalue weighted by molar-refractivity contribution is -0.324. The van der Waals surface area contributed by atoms with Crippen LogP contribution < -0.4 is 0 Å². The summed E-state index contributed by atoms with van der Waals surface area (Å²) in [5.41, 5.74) is -4.46. The number of carbonyl (C=O) groups excluding carboxylic acids is 3. The van der Waals surface area contributed by atoms with E-state index in [0.29, 0.717) is 11.1 Å². The lowest BCUT2D eigenvalue weighted by atomic mass is 9.47. The molecule has 2 unspecified atom stereocenters. The Morgan fingerprint density at radius 2 is 1.32 bits per heavy atom. The Balaban J connectivity index is 1.47. The summed E-state index contributed by atoms with van der Waals surface area (Å²) in [6.45, 7) is 7.24. The molecular formula is C35H37NO8. The van der Waals surface area contributed by atoms with Crippen LogP contribution in [-0.2, 0) is 18.9 Å². The zero-order valence-corrected chi connectivity index (χ0v) is 25.3. The number of hydrogen-bond acceptors (Lipinski definition) is 9. The average molecular weight is 600 g/mol. The molecule has 1 aromatic heterocycles. The van der Waals surface area contributed by atoms with Crippen LogP contribution in [0.3, 0.4) is 0 Å². The summed E-state index contributed by atoms with van der Waals surface area (Å²) in [6.07, 6.45) is 0.976. The number of nitrogens with zero attached hydrogens (tertiary/aromatic N) is 1. The highest BCUT2D eigenvalue weighted by Crippen LogP contribution is 2.68. The van der Waals surface area contributed by atoms with Crippen LogP contribution in [0.1, 0.15) is 78.0 Å². The van der Waals surface area contributed by atoms with E-state index in [-0.39, 0.29) is 24.8 Å². The molecule has 2 aromatic carbocycles. The number of aliphatic hydroxyl groups is 1. The third-order valence-corrected chi connectivity index (χ3v) is 10.0. The fourth-order valence-electron chi connectivity index (χ4n) is 7.80. The Kier molecular flexibility index (Phi) is 7.37. The molecule has 9 nitrogen and oxygen atoms in total. The standard InChI is InChI=1S/C35H37NO8/c1-32(2)25-20-27(42-30(38)23-14-9-6-10-15-23)34(4)26(41-29(37)22-12-7-5-8-13-22)17-18-33(3,40)35(34,44-32)28(25)43-31(39)24-16-11-19-36-21-24/h5-16,19,21,25-28,40H,17-18,20H2,1-4H3/t25?,26-,27-,28+,33-,34-,35?/m0/s1. The molecule has 2 bridgehead atoms. The molecule has 7 atom stereocenters. The summed E-state index contributed by atoms with van der Waals surface area (Å²) in [4.78, 5) is 44.6. The van der Waals surface area contributed by atoms with Gasteiger partial charge in [0.15, 0.2) is 0 Å². The van der Waals surface area contributed by atoms with E-state index in [9.17, 15) is 19.5 Å². The molecule has 1 N–H and O–H groups in total. The molecular weight excluding hydrogens is 562 g/mol. The highest BCUT2D eigenvalue weighted by molar-refractivity contribution is 5.90. The molecule has 9 heteroatoms. The quantitative estimate of drug-likeness (QED) is 0.302. The van der Waals surface area contributed by atoms with Crippen molar-refractivity contribution in [3.63, 3.8) is 0 Å². The molecule has 0 radical (unpaired) electrons. The molecule has 2 heterocycles. The minimum atomic E-state index is -1.62. The summed E-state index contributed by atoms with van der Waals surface area (Å²) in [5, 5.41) is 12.3. The number of fused-ring (bicyclic) bond motifs is 1. The Morgan fingerprint density at radius 3 is 1.89 bits per heavy atom. The summed E-state index contributed by atoms with van der Waals surface area (Å²) >= 11 is 0. The molecule has 1 aliphatic heterocycles. The van der Waals surface area contributed by atoms with E-state index in [0.717, 1.165) is 0 Å². The Labute approximate surface area is 256 Å². The van der Waals surface area contributed by atoms with E-state index in [1.54, 1.807) is 79.9 Å². The number of rotatable bonds is 6. The van der Waals surface area contributed by atoms with Gasteiger partial charge in [0.25, 0.3) is 0 Å². The summed E-state index contributed by atoms with van der Waals surface area (Å²) in [6, 6.07) is 20.5. The van der Waals surface area contributed by atoms with Crippen LogP contribution in [0.4, 0.5) is 0 Å². The summed E-state index contributed by atoms with van der Waals surface area (Å²) in [7, 11) is 0. The number of ether oxygens (including phenoxy) is 4. The molecule has 44 heavy (non-hydrogen) atoms. The molecule has 1 spiro atoms. The van der Waals surface area contributed by atoms with Crippen LogP contribution in [0.25, 0.3) is 0 Å². The van der Waals surface area contributed by atoms with Crippen LogP contribution in [0.15, 0.2) is 85.2 Å². The van der Waals surface area contributed by atoms with Crippen molar-refractivity contribution in [2.24, 2.45) is 11.3 Å². The second-order valence-corrected chi connectivity index (χ2v) is 13.0. The fraction of sp³-hybridized carbons (Fsp3) is 0.429. The molecule has 3 aromatic rings. The largest absolute Gasteiger partial charge is 0.458 e. The smallest absolute Gasteiger partial charge is 0.340 e. The molecule has 3 fully saturated rings. The van der Waals surface area contributed by atoms with Gasteiger partial charge < -0.3 is 24.1 Å². The lowest BCUT2D eigenvalue weighted by Crippen LogP contribution is -2.79. The van der Waals surface area contributed by atoms with Crippen molar-refractivity contribution in [2.75, 3.05) is 0 Å². The van der Waals surface area contributed by atoms with Crippen LogP contribution in [0, 0.1) is 11.3 Å². The van der Waals surface area contributed by atoms with Gasteiger partial charge in [-0.2, -0.15) is 0 Å². The lowest BCUT2D eigenvalue weighted by Gasteiger charge is -2.64. The number of esters is 3. The molecule has 230 valence electrons. The maximum atomic E-state index is 13.6. The van der Waals surface area contributed by atoms with Crippen LogP contribution in [0.2, 0.25) is 0 Å². The van der Waals surface area contributed by atoms with Crippen molar-refractivity contribution < 1.29 is 38.4 Å². The van der Waals surface area contributed by atoms with Gasteiger partial charge in [-0.15, -0.1) is 0 Å². The minimum Gasteiger partial charge on any atom is -0.458 e. The van der Waals surface area contributed by atoms with Crippen molar-refractivity contribution in [3.05, 3.63) is 102 Å². The molecule has 2 saturated carbocycles. The first-order valence-corrected chi connectivity index (χ1v) is 15.0. The molecule has 0 amide bonds. The van der Waals surface area contributed by atoms with Gasteiger partial charge in [-0.3, -0.25) is 4.98 Å². The van der Waals surface area contributed by atoms with Gasteiger partial charge in [0.2, 0.25) is 0 Å². The molecule has 1 saturated heterocycles.